The van der Waals surface area contributed by atoms with Crippen molar-refractivity contribution in [2.75, 3.05) is 19.4 Å². The first kappa shape index (κ1) is 29.3. The number of thiophene rings is 1. The topological polar surface area (TPSA) is 190 Å². The Kier molecular flexibility index (Phi) is 11.4. The van der Waals surface area contributed by atoms with Gasteiger partial charge in [0.2, 0.25) is 10.0 Å². The number of nitrogens with one attached hydrogen (secondary N) is 1. The summed E-state index contributed by atoms with van der Waals surface area (Å²) in [5.74, 6) is -1.90. The van der Waals surface area contributed by atoms with E-state index in [1.54, 1.807) is 7.11 Å². The number of carboxylic acid groups (broad SMARTS) is 2. The first-order chi connectivity index (χ1) is 15.8. The molecule has 2 aromatic rings. The Bertz CT molecular complexity index is 1190. The monoisotopic (exact) mass is 534 g/mol. The van der Waals surface area contributed by atoms with Crippen LogP contribution < -0.4 is 15.2 Å². The van der Waals surface area contributed by atoms with Gasteiger partial charge in [-0.25, -0.2) is 31.6 Å². The van der Waals surface area contributed by atoms with Gasteiger partial charge in [0, 0.05) is 18.2 Å². The molecule has 0 fully saturated rings. The summed E-state index contributed by atoms with van der Waals surface area (Å²) in [6.07, 6.45) is 1.47. The molecule has 0 bridgehead atoms. The molecule has 1 aromatic carbocycles. The second-order valence-electron chi connectivity index (χ2n) is 6.62. The number of methoxy groups -OCH3 is 1. The van der Waals surface area contributed by atoms with E-state index in [-0.39, 0.29) is 20.2 Å². The maximum absolute atomic E-state index is 12.5. The number of sulfone groups is 1. The lowest BCUT2D eigenvalue weighted by Crippen LogP contribution is -2.23. The standard InChI is InChI=1S/C16H22N2O5S3.C4H4O4/c1-3-18-14(12-4-6-13(23-2)7-5-12)10-11-25(19,20)15-8-9-16(24-15)26(17,21)22;5-3(6)1-2-4(7)8/h4-9,14,18H,3,10-11H2,1-2H3,(H2,17,21,22);1-2H,(H,5,6)(H,7,8)/b;2-1-. The van der Waals surface area contributed by atoms with E-state index in [0.717, 1.165) is 11.3 Å². The Morgan fingerprint density at radius 3 is 1.97 bits per heavy atom. The minimum atomic E-state index is -3.90. The molecular weight excluding hydrogens is 508 g/mol. The molecule has 11 nitrogen and oxygen atoms in total. The van der Waals surface area contributed by atoms with Crippen molar-refractivity contribution in [3.8, 4) is 5.75 Å². The van der Waals surface area contributed by atoms with Gasteiger partial charge >= 0.3 is 11.9 Å². The fourth-order valence-corrected chi connectivity index (χ4v) is 6.28. The molecule has 0 radical (unpaired) electrons. The van der Waals surface area contributed by atoms with Gasteiger partial charge in [-0.05, 0) is 42.8 Å². The second-order valence-corrected chi connectivity index (χ2v) is 11.8. The van der Waals surface area contributed by atoms with Crippen LogP contribution in [0.25, 0.3) is 0 Å². The molecule has 1 unspecified atom stereocenters. The van der Waals surface area contributed by atoms with Gasteiger partial charge in [-0.1, -0.05) is 19.1 Å². The first-order valence-corrected chi connectivity index (χ1v) is 13.7. The number of hydrogen-bond donors (Lipinski definition) is 4. The zero-order valence-electron chi connectivity index (χ0n) is 18.4. The number of ether oxygens (including phenoxy) is 1. The van der Waals surface area contributed by atoms with E-state index in [2.05, 4.69) is 5.32 Å². The van der Waals surface area contributed by atoms with Crippen molar-refractivity contribution in [1.29, 1.82) is 0 Å². The Labute approximate surface area is 201 Å². The van der Waals surface area contributed by atoms with Crippen LogP contribution in [-0.2, 0) is 29.4 Å². The molecule has 0 saturated heterocycles. The Morgan fingerprint density at radius 1 is 1.03 bits per heavy atom. The third-order valence-electron chi connectivity index (χ3n) is 4.16. The van der Waals surface area contributed by atoms with Crippen LogP contribution >= 0.6 is 11.3 Å². The van der Waals surface area contributed by atoms with Crippen LogP contribution in [0.4, 0.5) is 0 Å². The molecule has 2 rings (SSSR count). The number of rotatable bonds is 11. The van der Waals surface area contributed by atoms with E-state index in [4.69, 9.17) is 20.1 Å². The summed E-state index contributed by atoms with van der Waals surface area (Å²) >= 11 is 0.675. The van der Waals surface area contributed by atoms with Crippen LogP contribution in [-0.4, -0.2) is 58.4 Å². The molecule has 14 heteroatoms. The van der Waals surface area contributed by atoms with Gasteiger partial charge in [0.1, 0.15) is 14.2 Å². The highest BCUT2D eigenvalue weighted by Gasteiger charge is 2.22. The Hall–Kier alpha value is -2.78. The van der Waals surface area contributed by atoms with Crippen molar-refractivity contribution in [3.63, 3.8) is 0 Å². The third kappa shape index (κ3) is 10.0. The Morgan fingerprint density at radius 2 is 1.56 bits per heavy atom. The van der Waals surface area contributed by atoms with E-state index < -0.39 is 31.8 Å². The van der Waals surface area contributed by atoms with Crippen LogP contribution in [0.2, 0.25) is 0 Å². The largest absolute Gasteiger partial charge is 0.497 e. The van der Waals surface area contributed by atoms with Crippen LogP contribution in [0.15, 0.2) is 57.0 Å². The highest BCUT2D eigenvalue weighted by Crippen LogP contribution is 2.28. The Balaban J connectivity index is 0.000000620. The highest BCUT2D eigenvalue weighted by molar-refractivity contribution is 7.95. The van der Waals surface area contributed by atoms with Crippen LogP contribution in [0, 0.1) is 0 Å². The van der Waals surface area contributed by atoms with Crippen molar-refractivity contribution in [3.05, 3.63) is 54.1 Å². The number of carboxylic acids is 2. The summed E-state index contributed by atoms with van der Waals surface area (Å²) in [6.45, 7) is 2.63. The van der Waals surface area contributed by atoms with Gasteiger partial charge in [-0.15, -0.1) is 11.3 Å². The molecule has 1 heterocycles. The van der Waals surface area contributed by atoms with Gasteiger partial charge in [0.25, 0.3) is 0 Å². The van der Waals surface area contributed by atoms with Crippen LogP contribution in [0.1, 0.15) is 24.9 Å². The molecule has 34 heavy (non-hydrogen) atoms. The van der Waals surface area contributed by atoms with E-state index in [1.807, 2.05) is 31.2 Å². The molecule has 0 aliphatic carbocycles. The molecule has 0 aliphatic rings. The molecule has 188 valence electrons. The number of hydrogen-bond acceptors (Lipinski definition) is 9. The quantitative estimate of drug-likeness (QED) is 0.308. The average Bonchev–Trinajstić information content (AvgIpc) is 3.28. The first-order valence-electron chi connectivity index (χ1n) is 9.66. The third-order valence-corrected chi connectivity index (χ3v) is 9.01. The van der Waals surface area contributed by atoms with Gasteiger partial charge < -0.3 is 20.3 Å². The summed E-state index contributed by atoms with van der Waals surface area (Å²) in [5, 5.41) is 23.9. The van der Waals surface area contributed by atoms with Crippen molar-refractivity contribution in [2.45, 2.75) is 27.8 Å². The number of sulfonamides is 1. The number of nitrogens with two attached hydrogens (primary N) is 1. The SMILES string of the molecule is CCNC(CCS(=O)(=O)c1ccc(S(N)(=O)=O)s1)c1ccc(OC)cc1.O=C(O)/C=C\C(=O)O. The summed E-state index contributed by atoms with van der Waals surface area (Å²) in [7, 11) is -5.92. The molecule has 5 N–H and O–H groups in total. The number of carbonyl (C=O) groups is 2. The van der Waals surface area contributed by atoms with E-state index in [9.17, 15) is 26.4 Å². The van der Waals surface area contributed by atoms with Crippen LogP contribution in [0.3, 0.4) is 0 Å². The minimum Gasteiger partial charge on any atom is -0.497 e. The molecule has 0 saturated carbocycles. The fourth-order valence-electron chi connectivity index (χ4n) is 2.61. The van der Waals surface area contributed by atoms with Crippen molar-refractivity contribution < 1.29 is 41.4 Å². The lowest BCUT2D eigenvalue weighted by atomic mass is 10.0. The molecule has 1 aromatic heterocycles. The molecule has 0 amide bonds. The molecule has 0 spiro atoms. The van der Waals surface area contributed by atoms with Gasteiger partial charge in [0.05, 0.1) is 12.9 Å². The normalized spacial score (nSPS) is 12.6. The number of primary sulfonamides is 1. The van der Waals surface area contributed by atoms with Gasteiger partial charge in [0.15, 0.2) is 9.84 Å². The summed E-state index contributed by atoms with van der Waals surface area (Å²) in [6, 6.07) is 9.80. The van der Waals surface area contributed by atoms with Crippen LogP contribution in [0.5, 0.6) is 5.75 Å². The molecular formula is C20H26N2O9S3. The highest BCUT2D eigenvalue weighted by atomic mass is 32.3. The predicted octanol–water partition coefficient (Wildman–Crippen LogP) is 1.63. The molecule has 0 aliphatic heterocycles. The zero-order valence-corrected chi connectivity index (χ0v) is 20.8. The zero-order chi connectivity index (χ0) is 25.9. The summed E-state index contributed by atoms with van der Waals surface area (Å²) < 4.78 is 52.7. The maximum atomic E-state index is 12.5. The maximum Gasteiger partial charge on any atom is 0.328 e. The number of benzene rings is 1. The van der Waals surface area contributed by atoms with E-state index in [0.29, 0.717) is 36.5 Å². The minimum absolute atomic E-state index is 0.00602. The van der Waals surface area contributed by atoms with Gasteiger partial charge in [-0.2, -0.15) is 0 Å². The fraction of sp³-hybridized carbons (Fsp3) is 0.300. The molecule has 1 atom stereocenters. The number of aliphatic carboxylic acids is 2. The van der Waals surface area contributed by atoms with Crippen molar-refractivity contribution in [1.82, 2.24) is 5.32 Å². The summed E-state index contributed by atoms with van der Waals surface area (Å²) in [4.78, 5) is 19.1. The van der Waals surface area contributed by atoms with E-state index in [1.165, 1.54) is 12.1 Å². The second kappa shape index (κ2) is 13.2. The lowest BCUT2D eigenvalue weighted by Gasteiger charge is -2.18. The van der Waals surface area contributed by atoms with E-state index >= 15 is 0 Å². The lowest BCUT2D eigenvalue weighted by molar-refractivity contribution is -0.134. The summed E-state index contributed by atoms with van der Waals surface area (Å²) in [5.41, 5.74) is 0.958. The van der Waals surface area contributed by atoms with Gasteiger partial charge in [-0.3, -0.25) is 0 Å². The smallest absolute Gasteiger partial charge is 0.328 e. The van der Waals surface area contributed by atoms with Crippen molar-refractivity contribution >= 4 is 43.1 Å². The van der Waals surface area contributed by atoms with Crippen molar-refractivity contribution in [2.24, 2.45) is 5.14 Å². The predicted molar refractivity (Wildman–Crippen MR) is 126 cm³/mol. The average molecular weight is 535 g/mol.